The summed E-state index contributed by atoms with van der Waals surface area (Å²) in [6, 6.07) is 5.64. The number of nitrogens with zero attached hydrogens (tertiary/aromatic N) is 1. The Morgan fingerprint density at radius 3 is 2.63 bits per heavy atom. The predicted molar refractivity (Wildman–Crippen MR) is 77.4 cm³/mol. The summed E-state index contributed by atoms with van der Waals surface area (Å²) in [5.41, 5.74) is 6.60. The van der Waals surface area contributed by atoms with Crippen molar-refractivity contribution in [2.24, 2.45) is 17.6 Å². The Hall–Kier alpha value is -1.42. The zero-order valence-corrected chi connectivity index (χ0v) is 12.1. The Balaban J connectivity index is 2.46. The highest BCUT2D eigenvalue weighted by Crippen LogP contribution is 2.15. The van der Waals surface area contributed by atoms with E-state index in [1.54, 1.807) is 6.20 Å². The third-order valence-corrected chi connectivity index (χ3v) is 3.12. The molecule has 3 N–H and O–H groups in total. The van der Waals surface area contributed by atoms with Crippen molar-refractivity contribution in [1.29, 1.82) is 0 Å². The minimum Gasteiger partial charge on any atom is -0.348 e. The molecule has 0 radical (unpaired) electrons. The first-order valence-electron chi connectivity index (χ1n) is 6.93. The zero-order valence-electron chi connectivity index (χ0n) is 12.1. The van der Waals surface area contributed by atoms with Crippen molar-refractivity contribution in [3.8, 4) is 0 Å². The van der Waals surface area contributed by atoms with Crippen LogP contribution in [0.5, 0.6) is 0 Å². The van der Waals surface area contributed by atoms with E-state index in [0.29, 0.717) is 18.9 Å². The van der Waals surface area contributed by atoms with Crippen LogP contribution in [0.1, 0.15) is 45.3 Å². The maximum atomic E-state index is 12.0. The fourth-order valence-corrected chi connectivity index (χ4v) is 2.20. The summed E-state index contributed by atoms with van der Waals surface area (Å²) in [5.74, 6) is 0.875. The van der Waals surface area contributed by atoms with Gasteiger partial charge < -0.3 is 11.1 Å². The molecule has 4 heteroatoms. The quantitative estimate of drug-likeness (QED) is 0.793. The average Bonchev–Trinajstić information content (AvgIpc) is 2.38. The normalized spacial score (nSPS) is 14.2. The van der Waals surface area contributed by atoms with Crippen LogP contribution in [0.4, 0.5) is 0 Å². The summed E-state index contributed by atoms with van der Waals surface area (Å²) in [6.07, 6.45) is 3.22. The van der Waals surface area contributed by atoms with Crippen molar-refractivity contribution in [2.45, 2.75) is 39.7 Å². The number of nitrogens with two attached hydrogens (primary N) is 1. The molecule has 0 saturated heterocycles. The van der Waals surface area contributed by atoms with Gasteiger partial charge >= 0.3 is 0 Å². The average molecular weight is 263 g/mol. The van der Waals surface area contributed by atoms with Gasteiger partial charge in [0.1, 0.15) is 0 Å². The first kappa shape index (κ1) is 15.6. The van der Waals surface area contributed by atoms with Gasteiger partial charge in [-0.25, -0.2) is 0 Å². The van der Waals surface area contributed by atoms with Crippen LogP contribution < -0.4 is 11.1 Å². The van der Waals surface area contributed by atoms with Gasteiger partial charge in [-0.1, -0.05) is 19.9 Å². The Morgan fingerprint density at radius 2 is 2.11 bits per heavy atom. The molecule has 0 saturated carbocycles. The summed E-state index contributed by atoms with van der Waals surface area (Å²) in [7, 11) is 0. The highest BCUT2D eigenvalue weighted by Gasteiger charge is 2.16. The lowest BCUT2D eigenvalue weighted by molar-refractivity contribution is -0.122. The number of aromatic nitrogens is 1. The molecule has 0 unspecified atom stereocenters. The monoisotopic (exact) mass is 263 g/mol. The molecule has 19 heavy (non-hydrogen) atoms. The van der Waals surface area contributed by atoms with Crippen molar-refractivity contribution >= 4 is 5.91 Å². The molecule has 0 aromatic carbocycles. The molecular formula is C15H25N3O. The Bertz CT molecular complexity index is 378. The molecule has 0 aliphatic rings. The van der Waals surface area contributed by atoms with Crippen molar-refractivity contribution in [2.75, 3.05) is 6.54 Å². The number of carbonyl (C=O) groups excluding carboxylic acids is 1. The molecule has 106 valence electrons. The molecular weight excluding hydrogens is 238 g/mol. The topological polar surface area (TPSA) is 68.0 Å². The zero-order chi connectivity index (χ0) is 14.3. The van der Waals surface area contributed by atoms with Gasteiger partial charge in [-0.3, -0.25) is 9.78 Å². The smallest absolute Gasteiger partial charge is 0.220 e. The van der Waals surface area contributed by atoms with E-state index in [1.807, 2.05) is 25.1 Å². The number of hydrogen-bond acceptors (Lipinski definition) is 3. The van der Waals surface area contributed by atoms with Gasteiger partial charge in [-0.15, -0.1) is 0 Å². The molecule has 0 bridgehead atoms. The molecule has 0 spiro atoms. The molecule has 1 heterocycles. The summed E-state index contributed by atoms with van der Waals surface area (Å²) in [5, 5.41) is 2.98. The second-order valence-electron chi connectivity index (χ2n) is 5.48. The van der Waals surface area contributed by atoms with Crippen LogP contribution in [0.25, 0.3) is 0 Å². The lowest BCUT2D eigenvalue weighted by atomic mass is 9.94. The molecule has 0 aliphatic carbocycles. The van der Waals surface area contributed by atoms with Crippen molar-refractivity contribution in [3.05, 3.63) is 30.1 Å². The lowest BCUT2D eigenvalue weighted by Crippen LogP contribution is -2.31. The van der Waals surface area contributed by atoms with Gasteiger partial charge in [-0.2, -0.15) is 0 Å². The van der Waals surface area contributed by atoms with Gasteiger partial charge in [-0.05, 0) is 43.9 Å². The van der Waals surface area contributed by atoms with Gasteiger partial charge in [0, 0.05) is 12.6 Å². The molecule has 1 aromatic rings. The Labute approximate surface area is 115 Å². The maximum absolute atomic E-state index is 12.0. The minimum absolute atomic E-state index is 0.0502. The molecule has 2 atom stereocenters. The number of hydrogen-bond donors (Lipinski definition) is 2. The Morgan fingerprint density at radius 1 is 1.37 bits per heavy atom. The molecule has 4 nitrogen and oxygen atoms in total. The number of amides is 1. The van der Waals surface area contributed by atoms with Crippen LogP contribution in [-0.4, -0.2) is 17.4 Å². The number of nitrogens with one attached hydrogen (secondary N) is 1. The Kier molecular flexibility index (Phi) is 6.50. The van der Waals surface area contributed by atoms with Gasteiger partial charge in [0.25, 0.3) is 0 Å². The van der Waals surface area contributed by atoms with Crippen LogP contribution >= 0.6 is 0 Å². The van der Waals surface area contributed by atoms with Crippen LogP contribution in [0.15, 0.2) is 24.4 Å². The van der Waals surface area contributed by atoms with Gasteiger partial charge in [0.05, 0.1) is 11.7 Å². The standard InChI is InChI=1S/C15H25N3O/c1-11(2)8-13(10-16)9-15(19)18-12(3)14-6-4-5-7-17-14/h4-7,11-13H,8-10,16H2,1-3H3,(H,18,19)/t12-,13-/m0/s1. The highest BCUT2D eigenvalue weighted by molar-refractivity contribution is 5.76. The van der Waals surface area contributed by atoms with Crippen LogP contribution in [0.2, 0.25) is 0 Å². The second-order valence-corrected chi connectivity index (χ2v) is 5.48. The van der Waals surface area contributed by atoms with Crippen LogP contribution in [0.3, 0.4) is 0 Å². The third kappa shape index (κ3) is 5.83. The van der Waals surface area contributed by atoms with Crippen molar-refractivity contribution in [3.63, 3.8) is 0 Å². The first-order chi connectivity index (χ1) is 9.02. The maximum Gasteiger partial charge on any atom is 0.220 e. The largest absolute Gasteiger partial charge is 0.348 e. The first-order valence-corrected chi connectivity index (χ1v) is 6.93. The summed E-state index contributed by atoms with van der Waals surface area (Å²) < 4.78 is 0. The van der Waals surface area contributed by atoms with E-state index in [4.69, 9.17) is 5.73 Å². The molecule has 1 aromatic heterocycles. The van der Waals surface area contributed by atoms with E-state index < -0.39 is 0 Å². The third-order valence-electron chi connectivity index (χ3n) is 3.12. The van der Waals surface area contributed by atoms with E-state index in [1.165, 1.54) is 0 Å². The number of pyridine rings is 1. The van der Waals surface area contributed by atoms with Gasteiger partial charge in [0.15, 0.2) is 0 Å². The summed E-state index contributed by atoms with van der Waals surface area (Å²) >= 11 is 0. The molecule has 0 fully saturated rings. The highest BCUT2D eigenvalue weighted by atomic mass is 16.1. The fourth-order valence-electron chi connectivity index (χ4n) is 2.20. The van der Waals surface area contributed by atoms with Gasteiger partial charge in [0.2, 0.25) is 5.91 Å². The van der Waals surface area contributed by atoms with Crippen molar-refractivity contribution < 1.29 is 4.79 Å². The fraction of sp³-hybridized carbons (Fsp3) is 0.600. The van der Waals surface area contributed by atoms with E-state index in [-0.39, 0.29) is 17.9 Å². The van der Waals surface area contributed by atoms with Crippen molar-refractivity contribution in [1.82, 2.24) is 10.3 Å². The van der Waals surface area contributed by atoms with Crippen LogP contribution in [-0.2, 0) is 4.79 Å². The minimum atomic E-state index is -0.0637. The summed E-state index contributed by atoms with van der Waals surface area (Å²) in [6.45, 7) is 6.80. The SMILES string of the molecule is CC(C)C[C@H](CN)CC(=O)N[C@@H](C)c1ccccn1. The van der Waals surface area contributed by atoms with Crippen LogP contribution in [0, 0.1) is 11.8 Å². The molecule has 1 rings (SSSR count). The number of rotatable bonds is 7. The van der Waals surface area contributed by atoms with E-state index in [0.717, 1.165) is 12.1 Å². The number of carbonyl (C=O) groups is 1. The molecule has 1 amide bonds. The van der Waals surface area contributed by atoms with E-state index in [9.17, 15) is 4.79 Å². The van der Waals surface area contributed by atoms with E-state index in [2.05, 4.69) is 24.1 Å². The summed E-state index contributed by atoms with van der Waals surface area (Å²) in [4.78, 5) is 16.2. The lowest BCUT2D eigenvalue weighted by Gasteiger charge is -2.18. The predicted octanol–water partition coefficient (Wildman–Crippen LogP) is 2.27. The second kappa shape index (κ2) is 7.89. The van der Waals surface area contributed by atoms with E-state index >= 15 is 0 Å². The molecule has 0 aliphatic heterocycles.